The van der Waals surface area contributed by atoms with Crippen molar-refractivity contribution in [1.29, 1.82) is 0 Å². The lowest BCUT2D eigenvalue weighted by Crippen LogP contribution is -1.97. The van der Waals surface area contributed by atoms with Gasteiger partial charge in [0.1, 0.15) is 5.15 Å². The highest BCUT2D eigenvalue weighted by molar-refractivity contribution is 6.34. The average Bonchev–Trinajstić information content (AvgIpc) is 2.47. The van der Waals surface area contributed by atoms with Gasteiger partial charge < -0.3 is 0 Å². The van der Waals surface area contributed by atoms with E-state index in [1.54, 1.807) is 10.7 Å². The van der Waals surface area contributed by atoms with Crippen LogP contribution in [0.1, 0.15) is 19.0 Å². The van der Waals surface area contributed by atoms with Crippen molar-refractivity contribution in [3.63, 3.8) is 0 Å². The number of imidazole rings is 1. The summed E-state index contributed by atoms with van der Waals surface area (Å²) < 4.78 is 1.62. The first kappa shape index (κ1) is 9.74. The SMILES string of the molecule is CCCc1cc(Cl)c2nc(Cl)cn2n1. The van der Waals surface area contributed by atoms with E-state index in [0.717, 1.165) is 18.5 Å². The molecule has 0 aliphatic rings. The third-order valence-electron chi connectivity index (χ3n) is 1.91. The molecule has 5 heteroatoms. The normalized spacial score (nSPS) is 11.1. The first-order valence-electron chi connectivity index (χ1n) is 4.41. The minimum Gasteiger partial charge on any atom is -0.218 e. The molecule has 2 rings (SSSR count). The van der Waals surface area contributed by atoms with Crippen LogP contribution >= 0.6 is 23.2 Å². The Bertz CT molecular complexity index is 464. The van der Waals surface area contributed by atoms with E-state index in [0.29, 0.717) is 15.8 Å². The Labute approximate surface area is 91.7 Å². The summed E-state index contributed by atoms with van der Waals surface area (Å²) in [6.07, 6.45) is 3.60. The lowest BCUT2D eigenvalue weighted by Gasteiger charge is -2.00. The molecule has 0 aliphatic heterocycles. The Morgan fingerprint density at radius 1 is 1.43 bits per heavy atom. The van der Waals surface area contributed by atoms with Gasteiger partial charge in [0.05, 0.1) is 16.9 Å². The fraction of sp³-hybridized carbons (Fsp3) is 0.333. The summed E-state index contributed by atoms with van der Waals surface area (Å²) in [4.78, 5) is 4.05. The largest absolute Gasteiger partial charge is 0.218 e. The van der Waals surface area contributed by atoms with Gasteiger partial charge in [-0.15, -0.1) is 0 Å². The van der Waals surface area contributed by atoms with E-state index in [9.17, 15) is 0 Å². The molecule has 14 heavy (non-hydrogen) atoms. The summed E-state index contributed by atoms with van der Waals surface area (Å²) in [5.41, 5.74) is 1.57. The van der Waals surface area contributed by atoms with Crippen LogP contribution in [0.2, 0.25) is 10.2 Å². The molecule has 0 N–H and O–H groups in total. The predicted molar refractivity (Wildman–Crippen MR) is 57.0 cm³/mol. The highest BCUT2D eigenvalue weighted by Gasteiger charge is 2.06. The molecule has 0 aromatic carbocycles. The molecule has 2 heterocycles. The molecule has 0 amide bonds. The van der Waals surface area contributed by atoms with Crippen LogP contribution in [0.15, 0.2) is 12.3 Å². The van der Waals surface area contributed by atoms with E-state index in [1.165, 1.54) is 0 Å². The van der Waals surface area contributed by atoms with Gasteiger partial charge in [-0.05, 0) is 12.5 Å². The van der Waals surface area contributed by atoms with Crippen molar-refractivity contribution >= 4 is 28.8 Å². The van der Waals surface area contributed by atoms with Crippen LogP contribution in [-0.4, -0.2) is 14.6 Å². The van der Waals surface area contributed by atoms with E-state index in [2.05, 4.69) is 17.0 Å². The third kappa shape index (κ3) is 1.70. The molecule has 2 aromatic rings. The molecule has 0 unspecified atom stereocenters. The first-order chi connectivity index (χ1) is 6.70. The molecule has 0 fully saturated rings. The smallest absolute Gasteiger partial charge is 0.173 e. The molecule has 0 bridgehead atoms. The molecule has 0 radical (unpaired) electrons. The fourth-order valence-corrected chi connectivity index (χ4v) is 1.77. The minimum absolute atomic E-state index is 0.410. The number of aromatic nitrogens is 3. The van der Waals surface area contributed by atoms with Crippen LogP contribution in [-0.2, 0) is 6.42 Å². The van der Waals surface area contributed by atoms with Crippen LogP contribution in [0, 0.1) is 0 Å². The van der Waals surface area contributed by atoms with E-state index in [4.69, 9.17) is 23.2 Å². The van der Waals surface area contributed by atoms with Crippen LogP contribution < -0.4 is 0 Å². The molecule has 0 spiro atoms. The van der Waals surface area contributed by atoms with Gasteiger partial charge in [0.2, 0.25) is 0 Å². The van der Waals surface area contributed by atoms with Crippen LogP contribution in [0.3, 0.4) is 0 Å². The van der Waals surface area contributed by atoms with Crippen molar-refractivity contribution < 1.29 is 0 Å². The first-order valence-corrected chi connectivity index (χ1v) is 5.16. The number of rotatable bonds is 2. The molecule has 2 aromatic heterocycles. The second-order valence-electron chi connectivity index (χ2n) is 3.07. The van der Waals surface area contributed by atoms with Crippen molar-refractivity contribution in [1.82, 2.24) is 14.6 Å². The van der Waals surface area contributed by atoms with E-state index in [-0.39, 0.29) is 0 Å². The number of hydrogen-bond acceptors (Lipinski definition) is 2. The number of halogens is 2. The lowest BCUT2D eigenvalue weighted by atomic mass is 10.2. The molecule has 3 nitrogen and oxygen atoms in total. The maximum atomic E-state index is 6.03. The Balaban J connectivity index is 2.59. The van der Waals surface area contributed by atoms with Crippen molar-refractivity contribution in [3.8, 4) is 0 Å². The van der Waals surface area contributed by atoms with Gasteiger partial charge in [0, 0.05) is 0 Å². The zero-order valence-electron chi connectivity index (χ0n) is 7.67. The maximum Gasteiger partial charge on any atom is 0.173 e. The highest BCUT2D eigenvalue weighted by atomic mass is 35.5. The maximum absolute atomic E-state index is 6.03. The fourth-order valence-electron chi connectivity index (χ4n) is 1.34. The van der Waals surface area contributed by atoms with Gasteiger partial charge >= 0.3 is 0 Å². The summed E-state index contributed by atoms with van der Waals surface area (Å²) >= 11 is 11.8. The van der Waals surface area contributed by atoms with E-state index in [1.807, 2.05) is 6.07 Å². The molecule has 0 aliphatic carbocycles. The predicted octanol–water partition coefficient (Wildman–Crippen LogP) is 2.99. The van der Waals surface area contributed by atoms with Crippen molar-refractivity contribution in [2.75, 3.05) is 0 Å². The lowest BCUT2D eigenvalue weighted by molar-refractivity contribution is 0.810. The van der Waals surface area contributed by atoms with Crippen molar-refractivity contribution in [2.45, 2.75) is 19.8 Å². The topological polar surface area (TPSA) is 30.2 Å². The summed E-state index contributed by atoms with van der Waals surface area (Å²) in [5, 5.41) is 5.34. The van der Waals surface area contributed by atoms with Crippen LogP contribution in [0.25, 0.3) is 5.65 Å². The second-order valence-corrected chi connectivity index (χ2v) is 3.86. The Morgan fingerprint density at radius 2 is 2.21 bits per heavy atom. The van der Waals surface area contributed by atoms with E-state index < -0.39 is 0 Å². The number of hydrogen-bond donors (Lipinski definition) is 0. The van der Waals surface area contributed by atoms with Crippen LogP contribution in [0.4, 0.5) is 0 Å². The quantitative estimate of drug-likeness (QED) is 0.793. The minimum atomic E-state index is 0.410. The molecule has 0 saturated heterocycles. The molecule has 74 valence electrons. The van der Waals surface area contributed by atoms with Gasteiger partial charge in [-0.25, -0.2) is 9.50 Å². The van der Waals surface area contributed by atoms with Gasteiger partial charge in [-0.1, -0.05) is 36.5 Å². The van der Waals surface area contributed by atoms with E-state index >= 15 is 0 Å². The van der Waals surface area contributed by atoms with Gasteiger partial charge in [-0.2, -0.15) is 5.10 Å². The number of aryl methyl sites for hydroxylation is 1. The Morgan fingerprint density at radius 3 is 2.93 bits per heavy atom. The summed E-state index contributed by atoms with van der Waals surface area (Å²) in [7, 11) is 0. The summed E-state index contributed by atoms with van der Waals surface area (Å²) in [6.45, 7) is 2.10. The van der Waals surface area contributed by atoms with Gasteiger partial charge in [0.15, 0.2) is 5.65 Å². The van der Waals surface area contributed by atoms with Gasteiger partial charge in [0.25, 0.3) is 0 Å². The zero-order chi connectivity index (χ0) is 10.1. The average molecular weight is 230 g/mol. The Kier molecular flexibility index (Phi) is 2.61. The third-order valence-corrected chi connectivity index (χ3v) is 2.37. The monoisotopic (exact) mass is 229 g/mol. The van der Waals surface area contributed by atoms with Crippen molar-refractivity contribution in [3.05, 3.63) is 28.1 Å². The molecular formula is C9H9Cl2N3. The summed E-state index contributed by atoms with van der Waals surface area (Å²) in [6, 6.07) is 1.84. The Hall–Kier alpha value is -0.800. The summed E-state index contributed by atoms with van der Waals surface area (Å²) in [5.74, 6) is 0. The van der Waals surface area contributed by atoms with Gasteiger partial charge in [-0.3, -0.25) is 0 Å². The molecular weight excluding hydrogens is 221 g/mol. The molecule has 0 saturated carbocycles. The van der Waals surface area contributed by atoms with Crippen molar-refractivity contribution in [2.24, 2.45) is 0 Å². The second kappa shape index (κ2) is 3.75. The number of fused-ring (bicyclic) bond motifs is 1. The molecule has 0 atom stereocenters. The van der Waals surface area contributed by atoms with Crippen LogP contribution in [0.5, 0.6) is 0 Å². The number of nitrogens with zero attached hydrogens (tertiary/aromatic N) is 3. The zero-order valence-corrected chi connectivity index (χ0v) is 9.18. The highest BCUT2D eigenvalue weighted by Crippen LogP contribution is 2.19. The standard InChI is InChI=1S/C9H9Cl2N3/c1-2-3-6-4-7(10)9-12-8(11)5-14(9)13-6/h4-5H,2-3H2,1H3.